The van der Waals surface area contributed by atoms with E-state index < -0.39 is 129 Å². The van der Waals surface area contributed by atoms with Crippen molar-refractivity contribution in [2.24, 2.45) is 34.4 Å². The van der Waals surface area contributed by atoms with Crippen molar-refractivity contribution >= 4 is 5.91 Å². The lowest BCUT2D eigenvalue weighted by Gasteiger charge is -2.47. The summed E-state index contributed by atoms with van der Waals surface area (Å²) in [6.45, 7) is -0.813. The van der Waals surface area contributed by atoms with Crippen LogP contribution in [0.3, 0.4) is 0 Å². The molecule has 21 heteroatoms. The van der Waals surface area contributed by atoms with Gasteiger partial charge in [0.15, 0.2) is 18.9 Å². The summed E-state index contributed by atoms with van der Waals surface area (Å²) in [4.78, 5) is 12.6. The van der Waals surface area contributed by atoms with Crippen molar-refractivity contribution in [3.05, 3.63) is 0 Å². The lowest BCUT2D eigenvalue weighted by atomic mass is 9.83. The van der Waals surface area contributed by atoms with E-state index in [1.807, 2.05) is 0 Å². The van der Waals surface area contributed by atoms with Gasteiger partial charge in [-0.2, -0.15) is 0 Å². The first-order valence-corrected chi connectivity index (χ1v) is 16.0. The van der Waals surface area contributed by atoms with Gasteiger partial charge in [0.05, 0.1) is 36.9 Å². The second-order valence-corrected chi connectivity index (χ2v) is 12.7. The lowest BCUT2D eigenvalue weighted by molar-refractivity contribution is -0.295. The van der Waals surface area contributed by atoms with Crippen LogP contribution in [0.5, 0.6) is 0 Å². The van der Waals surface area contributed by atoms with Crippen molar-refractivity contribution in [2.45, 2.75) is 136 Å². The highest BCUT2D eigenvalue weighted by Crippen LogP contribution is 2.34. The zero-order valence-electron chi connectivity index (χ0n) is 26.4. The van der Waals surface area contributed by atoms with E-state index in [1.165, 1.54) is 0 Å². The smallest absolute Gasteiger partial charge is 0.249 e. The molecule has 3 aliphatic heterocycles. The van der Waals surface area contributed by atoms with E-state index in [0.29, 0.717) is 0 Å². The topological polar surface area (TPSA) is 382 Å². The summed E-state index contributed by atoms with van der Waals surface area (Å²) in [5.74, 6) is -0.820. The second kappa shape index (κ2) is 17.3. The number of carbonyl (C=O) groups is 1. The van der Waals surface area contributed by atoms with E-state index in [4.69, 9.17) is 62.8 Å². The van der Waals surface area contributed by atoms with E-state index in [9.17, 15) is 40.5 Å². The van der Waals surface area contributed by atoms with Crippen LogP contribution in [0.25, 0.3) is 0 Å². The monoisotopic (exact) mass is 699 g/mol. The molecule has 0 radical (unpaired) electrons. The molecular formula is C27H53N7O14. The van der Waals surface area contributed by atoms with Gasteiger partial charge < -0.3 is 104 Å². The summed E-state index contributed by atoms with van der Waals surface area (Å²) in [5, 5.41) is 76.6. The fourth-order valence-electron chi connectivity index (χ4n) is 6.37. The molecule has 280 valence electrons. The molecule has 1 amide bonds. The van der Waals surface area contributed by atoms with Crippen LogP contribution in [-0.2, 0) is 33.2 Å². The number of nitrogens with two attached hydrogens (primary N) is 6. The third kappa shape index (κ3) is 8.59. The van der Waals surface area contributed by atoms with Crippen molar-refractivity contribution in [1.29, 1.82) is 0 Å². The Labute approximate surface area is 276 Å². The minimum Gasteiger partial charge on any atom is -0.394 e. The molecule has 20 N–H and O–H groups in total. The predicted octanol–water partition coefficient (Wildman–Crippen LogP) is -9.00. The van der Waals surface area contributed by atoms with Gasteiger partial charge >= 0.3 is 0 Å². The molecule has 3 heterocycles. The first kappa shape index (κ1) is 39.5. The van der Waals surface area contributed by atoms with Crippen LogP contribution in [0.4, 0.5) is 0 Å². The Hall–Kier alpha value is -1.29. The SMILES string of the molecule is NCC[C@H](O)C(=O)N[C@@H]1C[C@H](N)[C@@H](O[C@H]2O[C@H](CN)C[C@@H](O)[C@H]2N)[C@H](O[C@@H]2O[C@H](CO)[C@@H](O[C@H]3O[C@@H](CN)[C@@H](O)[C@H](O)[C@H]3N)[C@H]2O)[C@H]1O. The maximum absolute atomic E-state index is 12.6. The van der Waals surface area contributed by atoms with Crippen LogP contribution in [0.15, 0.2) is 0 Å². The summed E-state index contributed by atoms with van der Waals surface area (Å²) >= 11 is 0. The molecule has 4 fully saturated rings. The Kier molecular flexibility index (Phi) is 14.2. The maximum atomic E-state index is 12.6. The lowest BCUT2D eigenvalue weighted by Crippen LogP contribution is -2.67. The van der Waals surface area contributed by atoms with Gasteiger partial charge in [-0.1, -0.05) is 0 Å². The Morgan fingerprint density at radius 3 is 2.00 bits per heavy atom. The van der Waals surface area contributed by atoms with Crippen molar-refractivity contribution < 1.29 is 69.0 Å². The normalized spacial score (nSPS) is 47.5. The Balaban J connectivity index is 1.56. The summed E-state index contributed by atoms with van der Waals surface area (Å²) in [6, 6.07) is -4.41. The van der Waals surface area contributed by atoms with Crippen LogP contribution >= 0.6 is 0 Å². The number of aliphatic hydroxyl groups is 7. The average molecular weight is 700 g/mol. The number of aliphatic hydroxyl groups excluding tert-OH is 7. The van der Waals surface area contributed by atoms with Gasteiger partial charge in [-0.25, -0.2) is 0 Å². The van der Waals surface area contributed by atoms with Gasteiger partial charge in [-0.3, -0.25) is 4.79 Å². The quantitative estimate of drug-likeness (QED) is 0.0848. The van der Waals surface area contributed by atoms with E-state index in [1.54, 1.807) is 0 Å². The fraction of sp³-hybridized carbons (Fsp3) is 0.963. The van der Waals surface area contributed by atoms with E-state index in [2.05, 4.69) is 5.32 Å². The molecule has 21 nitrogen and oxygen atoms in total. The summed E-state index contributed by atoms with van der Waals surface area (Å²) in [5.41, 5.74) is 35.5. The van der Waals surface area contributed by atoms with Crippen molar-refractivity contribution in [1.82, 2.24) is 5.32 Å². The van der Waals surface area contributed by atoms with E-state index in [0.717, 1.165) is 0 Å². The minimum atomic E-state index is -1.68. The van der Waals surface area contributed by atoms with Gasteiger partial charge in [0.25, 0.3) is 0 Å². The molecule has 0 aromatic heterocycles. The average Bonchev–Trinajstić information content (AvgIpc) is 3.36. The fourth-order valence-corrected chi connectivity index (χ4v) is 6.37. The van der Waals surface area contributed by atoms with Gasteiger partial charge in [0.1, 0.15) is 61.0 Å². The van der Waals surface area contributed by atoms with Gasteiger partial charge in [0.2, 0.25) is 5.91 Å². The molecular weight excluding hydrogens is 646 g/mol. The Bertz CT molecular complexity index is 1030. The summed E-state index contributed by atoms with van der Waals surface area (Å²) < 4.78 is 35.2. The molecule has 0 spiro atoms. The molecule has 3 saturated heterocycles. The highest BCUT2D eigenvalue weighted by molar-refractivity contribution is 5.80. The number of hydrogen-bond donors (Lipinski definition) is 14. The second-order valence-electron chi connectivity index (χ2n) is 12.7. The predicted molar refractivity (Wildman–Crippen MR) is 161 cm³/mol. The maximum Gasteiger partial charge on any atom is 0.249 e. The molecule has 48 heavy (non-hydrogen) atoms. The minimum absolute atomic E-state index is 0.0235. The third-order valence-corrected chi connectivity index (χ3v) is 9.27. The summed E-state index contributed by atoms with van der Waals surface area (Å²) in [6.07, 6.45) is -19.9. The zero-order valence-corrected chi connectivity index (χ0v) is 26.4. The molecule has 0 unspecified atom stereocenters. The molecule has 19 atom stereocenters. The van der Waals surface area contributed by atoms with Crippen LogP contribution in [-0.4, -0.2) is 184 Å². The number of amides is 1. The van der Waals surface area contributed by atoms with Crippen LogP contribution < -0.4 is 39.7 Å². The number of rotatable bonds is 13. The first-order valence-electron chi connectivity index (χ1n) is 16.0. The summed E-state index contributed by atoms with van der Waals surface area (Å²) in [7, 11) is 0. The largest absolute Gasteiger partial charge is 0.394 e. The van der Waals surface area contributed by atoms with E-state index >= 15 is 0 Å². The van der Waals surface area contributed by atoms with Gasteiger partial charge in [-0.05, 0) is 19.4 Å². The van der Waals surface area contributed by atoms with Crippen molar-refractivity contribution in [2.75, 3.05) is 26.2 Å². The molecule has 4 aliphatic rings. The molecule has 4 rings (SSSR count). The van der Waals surface area contributed by atoms with Gasteiger partial charge in [0, 0.05) is 25.6 Å². The van der Waals surface area contributed by atoms with Crippen LogP contribution in [0.1, 0.15) is 19.3 Å². The van der Waals surface area contributed by atoms with Crippen molar-refractivity contribution in [3.8, 4) is 0 Å². The number of carbonyl (C=O) groups excluding carboxylic acids is 1. The van der Waals surface area contributed by atoms with Gasteiger partial charge in [-0.15, -0.1) is 0 Å². The molecule has 0 aromatic rings. The third-order valence-electron chi connectivity index (χ3n) is 9.27. The number of nitrogens with one attached hydrogen (secondary N) is 1. The number of ether oxygens (including phenoxy) is 6. The molecule has 1 saturated carbocycles. The highest BCUT2D eigenvalue weighted by Gasteiger charge is 2.54. The molecule has 0 bridgehead atoms. The van der Waals surface area contributed by atoms with Crippen LogP contribution in [0.2, 0.25) is 0 Å². The van der Waals surface area contributed by atoms with Crippen LogP contribution in [0, 0.1) is 0 Å². The Morgan fingerprint density at radius 2 is 1.38 bits per heavy atom. The van der Waals surface area contributed by atoms with E-state index in [-0.39, 0.29) is 38.9 Å². The first-order chi connectivity index (χ1) is 22.8. The zero-order chi connectivity index (χ0) is 35.4. The molecule has 1 aliphatic carbocycles. The standard InChI is InChI=1S/C27H53N7O14/c28-2-1-11(36)24(42)34-10-4-9(31)21(46-25-15(32)12(37)3-8(5-29)43-25)23(17(10)38)48-27-20(41)22(14(7-35)45-27)47-26-16(33)19(40)18(39)13(6-30)44-26/h8-23,25-27,35-41H,1-7,28-33H2,(H,34,42)/t8-,9-,10+,11-,12+,13-,14+,15+,16+,17-,18+,19+,20+,21+,22+,23+,25+,26+,27-/m0/s1. The number of hydrogen-bond acceptors (Lipinski definition) is 20. The highest BCUT2D eigenvalue weighted by atomic mass is 16.8. The van der Waals surface area contributed by atoms with Crippen molar-refractivity contribution in [3.63, 3.8) is 0 Å². The molecule has 0 aromatic carbocycles. The Morgan fingerprint density at radius 1 is 0.750 bits per heavy atom.